The van der Waals surface area contributed by atoms with Crippen molar-refractivity contribution >= 4 is 20.8 Å². The monoisotopic (exact) mass is 522 g/mol. The highest BCUT2D eigenvalue weighted by Gasteiger charge is 2.51. The third-order valence-electron chi connectivity index (χ3n) is 5.29. The smallest absolute Gasteiger partial charge is 0.394 e. The molecular formula is C19H38O12S2. The van der Waals surface area contributed by atoms with Crippen LogP contribution in [0.15, 0.2) is 0 Å². The number of aliphatic hydroxyl groups excluding tert-OH is 2. The van der Waals surface area contributed by atoms with Crippen molar-refractivity contribution in [3.05, 3.63) is 0 Å². The van der Waals surface area contributed by atoms with Gasteiger partial charge in [-0.2, -0.15) is 16.8 Å². The van der Waals surface area contributed by atoms with E-state index in [1.54, 1.807) is 0 Å². The van der Waals surface area contributed by atoms with Gasteiger partial charge in [-0.25, -0.2) is 8.37 Å². The Hall–Kier alpha value is -0.420. The molecule has 0 radical (unpaired) electrons. The maximum atomic E-state index is 11.2. The minimum absolute atomic E-state index is 0.0693. The highest BCUT2D eigenvalue weighted by Crippen LogP contribution is 2.29. The molecule has 0 aromatic rings. The minimum atomic E-state index is -5.16. The molecule has 1 aliphatic heterocycles. The van der Waals surface area contributed by atoms with Crippen LogP contribution in [0.5, 0.6) is 0 Å². The lowest BCUT2D eigenvalue weighted by molar-refractivity contribution is -0.291. The summed E-state index contributed by atoms with van der Waals surface area (Å²) in [5.74, 6) is 0. The molecule has 12 nitrogen and oxygen atoms in total. The molecule has 1 heterocycles. The lowest BCUT2D eigenvalue weighted by atomic mass is 9.99. The van der Waals surface area contributed by atoms with Gasteiger partial charge in [-0.15, -0.1) is 0 Å². The van der Waals surface area contributed by atoms with E-state index < -0.39 is 58.1 Å². The molecule has 1 rings (SSSR count). The van der Waals surface area contributed by atoms with Gasteiger partial charge in [0.25, 0.3) is 0 Å². The standard InChI is InChI=1S/C19H38O12S2/c1-2-3-4-5-6-7-8-9-10-11-12-13-28-19-18(31-33(25,26)27)17(30-32(22,23)24)16(21)15(14-20)29-19/h15-21H,2-14H2,1H3,(H,22,23,24)(H,25,26,27)/t15-,16-,17+,18-,19?/m1/s1. The fraction of sp³-hybridized carbons (Fsp3) is 1.00. The number of unbranched alkanes of at least 4 members (excludes halogenated alkanes) is 10. The zero-order valence-corrected chi connectivity index (χ0v) is 20.6. The molecule has 1 aliphatic rings. The zero-order chi connectivity index (χ0) is 24.9. The highest BCUT2D eigenvalue weighted by molar-refractivity contribution is 7.81. The van der Waals surface area contributed by atoms with Crippen molar-refractivity contribution in [3.8, 4) is 0 Å². The van der Waals surface area contributed by atoms with Gasteiger partial charge in [0.15, 0.2) is 12.4 Å². The maximum absolute atomic E-state index is 11.2. The Labute approximate surface area is 196 Å². The van der Waals surface area contributed by atoms with Gasteiger partial charge in [-0.3, -0.25) is 9.11 Å². The van der Waals surface area contributed by atoms with Crippen molar-refractivity contribution < 1.29 is 54.0 Å². The van der Waals surface area contributed by atoms with E-state index in [1.807, 2.05) is 0 Å². The average molecular weight is 523 g/mol. The zero-order valence-electron chi connectivity index (χ0n) is 19.0. The van der Waals surface area contributed by atoms with Crippen molar-refractivity contribution in [1.82, 2.24) is 0 Å². The summed E-state index contributed by atoms with van der Waals surface area (Å²) in [5, 5.41) is 19.5. The fourth-order valence-corrected chi connectivity index (χ4v) is 4.62. The normalized spacial score (nSPS) is 26.5. The molecular weight excluding hydrogens is 484 g/mol. The molecule has 5 atom stereocenters. The Morgan fingerprint density at radius 3 is 1.67 bits per heavy atom. The van der Waals surface area contributed by atoms with E-state index in [9.17, 15) is 27.0 Å². The Kier molecular flexibility index (Phi) is 14.4. The molecule has 0 amide bonds. The van der Waals surface area contributed by atoms with Crippen LogP contribution >= 0.6 is 0 Å². The van der Waals surface area contributed by atoms with Gasteiger partial charge in [0, 0.05) is 6.61 Å². The summed E-state index contributed by atoms with van der Waals surface area (Å²) < 4.78 is 82.2. The van der Waals surface area contributed by atoms with E-state index >= 15 is 0 Å². The lowest BCUT2D eigenvalue weighted by Crippen LogP contribution is -2.61. The maximum Gasteiger partial charge on any atom is 0.397 e. The topological polar surface area (TPSA) is 186 Å². The third-order valence-corrected chi connectivity index (χ3v) is 6.22. The van der Waals surface area contributed by atoms with Crippen molar-refractivity contribution in [2.24, 2.45) is 0 Å². The molecule has 0 bridgehead atoms. The van der Waals surface area contributed by atoms with Crippen LogP contribution in [-0.2, 0) is 38.6 Å². The fourth-order valence-electron chi connectivity index (χ4n) is 3.63. The molecule has 33 heavy (non-hydrogen) atoms. The van der Waals surface area contributed by atoms with E-state index in [0.717, 1.165) is 25.7 Å². The largest absolute Gasteiger partial charge is 0.397 e. The predicted octanol–water partition coefficient (Wildman–Crippen LogP) is 1.77. The summed E-state index contributed by atoms with van der Waals surface area (Å²) in [6.45, 7) is 1.47. The number of aliphatic hydroxyl groups is 2. The summed E-state index contributed by atoms with van der Waals surface area (Å²) in [7, 11) is -10.3. The average Bonchev–Trinajstić information content (AvgIpc) is 2.71. The SMILES string of the molecule is CCCCCCCCCCCCCOC1O[C@H](CO)[C@@H](O)[C@H](OS(=O)(=O)O)[C@H]1OS(=O)(=O)O. The van der Waals surface area contributed by atoms with Crippen LogP contribution in [0.1, 0.15) is 77.6 Å². The second-order valence-corrected chi connectivity index (χ2v) is 10.2. The summed E-state index contributed by atoms with van der Waals surface area (Å²) in [6, 6.07) is 0. The van der Waals surface area contributed by atoms with Gasteiger partial charge in [0.2, 0.25) is 0 Å². The quantitative estimate of drug-likeness (QED) is 0.151. The van der Waals surface area contributed by atoms with Crippen molar-refractivity contribution in [2.75, 3.05) is 13.2 Å². The first-order valence-electron chi connectivity index (χ1n) is 11.4. The van der Waals surface area contributed by atoms with Gasteiger partial charge in [0.1, 0.15) is 18.3 Å². The van der Waals surface area contributed by atoms with E-state index in [2.05, 4.69) is 15.3 Å². The predicted molar refractivity (Wildman–Crippen MR) is 117 cm³/mol. The molecule has 0 aromatic heterocycles. The molecule has 1 saturated heterocycles. The molecule has 0 aliphatic carbocycles. The summed E-state index contributed by atoms with van der Waals surface area (Å²) in [5.41, 5.74) is 0. The Morgan fingerprint density at radius 1 is 0.758 bits per heavy atom. The van der Waals surface area contributed by atoms with Crippen molar-refractivity contribution in [1.29, 1.82) is 0 Å². The summed E-state index contributed by atoms with van der Waals surface area (Å²) >= 11 is 0. The van der Waals surface area contributed by atoms with Crippen molar-refractivity contribution in [2.45, 2.75) is 108 Å². The van der Waals surface area contributed by atoms with Crippen LogP contribution in [-0.4, -0.2) is 80.1 Å². The van der Waals surface area contributed by atoms with E-state index in [0.29, 0.717) is 6.42 Å². The molecule has 14 heteroatoms. The van der Waals surface area contributed by atoms with Gasteiger partial charge in [-0.1, -0.05) is 71.1 Å². The molecule has 198 valence electrons. The van der Waals surface area contributed by atoms with Crippen molar-refractivity contribution in [3.63, 3.8) is 0 Å². The molecule has 1 unspecified atom stereocenters. The third kappa shape index (κ3) is 13.3. The Bertz CT molecular complexity index is 727. The second kappa shape index (κ2) is 15.5. The Balaban J connectivity index is 2.53. The lowest BCUT2D eigenvalue weighted by Gasteiger charge is -2.41. The number of hydrogen-bond acceptors (Lipinski definition) is 10. The van der Waals surface area contributed by atoms with Gasteiger partial charge in [-0.05, 0) is 6.42 Å². The van der Waals surface area contributed by atoms with Gasteiger partial charge >= 0.3 is 20.8 Å². The molecule has 4 N–H and O–H groups in total. The molecule has 1 fully saturated rings. The highest BCUT2D eigenvalue weighted by atomic mass is 32.3. The van der Waals surface area contributed by atoms with E-state index in [1.165, 1.54) is 38.5 Å². The molecule has 0 aromatic carbocycles. The Morgan fingerprint density at radius 2 is 1.21 bits per heavy atom. The van der Waals surface area contributed by atoms with Crippen LogP contribution in [0, 0.1) is 0 Å². The van der Waals surface area contributed by atoms with Gasteiger partial charge in [0.05, 0.1) is 6.61 Å². The van der Waals surface area contributed by atoms with Crippen LogP contribution in [0.3, 0.4) is 0 Å². The van der Waals surface area contributed by atoms with E-state index in [4.69, 9.17) is 18.6 Å². The summed E-state index contributed by atoms with van der Waals surface area (Å²) in [4.78, 5) is 0. The molecule has 0 spiro atoms. The summed E-state index contributed by atoms with van der Waals surface area (Å²) in [6.07, 6.45) is 3.15. The van der Waals surface area contributed by atoms with Crippen LogP contribution in [0.2, 0.25) is 0 Å². The van der Waals surface area contributed by atoms with Crippen LogP contribution in [0.4, 0.5) is 0 Å². The van der Waals surface area contributed by atoms with Crippen LogP contribution < -0.4 is 0 Å². The van der Waals surface area contributed by atoms with Crippen LogP contribution in [0.25, 0.3) is 0 Å². The van der Waals surface area contributed by atoms with Gasteiger partial charge < -0.3 is 19.7 Å². The number of hydrogen-bond donors (Lipinski definition) is 4. The second-order valence-electron chi connectivity index (χ2n) is 8.10. The first kappa shape index (κ1) is 30.6. The first-order valence-corrected chi connectivity index (χ1v) is 14.1. The minimum Gasteiger partial charge on any atom is -0.394 e. The first-order chi connectivity index (χ1) is 15.5. The number of rotatable bonds is 18. The molecule has 0 saturated carbocycles. The number of ether oxygens (including phenoxy) is 2. The van der Waals surface area contributed by atoms with E-state index in [-0.39, 0.29) is 6.61 Å².